The van der Waals surface area contributed by atoms with Gasteiger partial charge in [0.05, 0.1) is 37.6 Å². The summed E-state index contributed by atoms with van der Waals surface area (Å²) >= 11 is 5.94. The molecule has 0 unspecified atom stereocenters. The summed E-state index contributed by atoms with van der Waals surface area (Å²) in [7, 11) is 1.63. The van der Waals surface area contributed by atoms with Gasteiger partial charge in [-0.2, -0.15) is 0 Å². The third-order valence-electron chi connectivity index (χ3n) is 6.88. The summed E-state index contributed by atoms with van der Waals surface area (Å²) < 4.78 is 11.5. The van der Waals surface area contributed by atoms with Crippen molar-refractivity contribution in [1.82, 2.24) is 10.2 Å². The number of methoxy groups -OCH3 is 1. The quantitative estimate of drug-likeness (QED) is 0.681. The topological polar surface area (TPSA) is 67.9 Å². The van der Waals surface area contributed by atoms with Crippen molar-refractivity contribution in [3.8, 4) is 5.75 Å². The summed E-state index contributed by atoms with van der Waals surface area (Å²) in [6.07, 6.45) is 3.54. The van der Waals surface area contributed by atoms with Gasteiger partial charge in [-0.25, -0.2) is 0 Å². The Morgan fingerprint density at radius 2 is 1.97 bits per heavy atom. The summed E-state index contributed by atoms with van der Waals surface area (Å²) in [5.41, 5.74) is 1.23. The molecule has 166 valence electrons. The van der Waals surface area contributed by atoms with Crippen LogP contribution in [-0.2, 0) is 20.9 Å². The molecule has 2 aromatic carbocycles. The minimum atomic E-state index is -0.731. The van der Waals surface area contributed by atoms with Crippen LogP contribution >= 0.6 is 11.6 Å². The third kappa shape index (κ3) is 3.38. The Labute approximate surface area is 192 Å². The molecule has 2 aromatic rings. The van der Waals surface area contributed by atoms with Crippen LogP contribution < -0.4 is 10.1 Å². The molecule has 7 heteroatoms. The molecule has 32 heavy (non-hydrogen) atoms. The molecule has 5 atom stereocenters. The number of likely N-dealkylation sites (tertiary alicyclic amines) is 1. The number of hydrogen-bond acceptors (Lipinski definition) is 4. The monoisotopic (exact) mass is 452 g/mol. The molecule has 1 N–H and O–H groups in total. The normalized spacial score (nSPS) is 28.7. The van der Waals surface area contributed by atoms with Crippen molar-refractivity contribution < 1.29 is 19.1 Å². The van der Waals surface area contributed by atoms with E-state index in [9.17, 15) is 9.59 Å². The van der Waals surface area contributed by atoms with Gasteiger partial charge < -0.3 is 19.7 Å². The molecule has 3 aliphatic rings. The summed E-state index contributed by atoms with van der Waals surface area (Å²) in [4.78, 5) is 28.5. The molecule has 0 saturated carbocycles. The SMILES string of the molecule is COc1ccc([C@@H](C)N2C[C@@]34C=C[C@@H](O3)[C@@H](C(=O)NCc3ccc(Cl)cc3)[C@H]4C2=O)cc1. The summed E-state index contributed by atoms with van der Waals surface area (Å²) in [6.45, 7) is 2.82. The van der Waals surface area contributed by atoms with Gasteiger partial charge in [0.25, 0.3) is 0 Å². The molecule has 0 aromatic heterocycles. The van der Waals surface area contributed by atoms with Gasteiger partial charge in [-0.3, -0.25) is 9.59 Å². The van der Waals surface area contributed by atoms with E-state index >= 15 is 0 Å². The number of hydrogen-bond donors (Lipinski definition) is 1. The van der Waals surface area contributed by atoms with Gasteiger partial charge in [-0.1, -0.05) is 48.0 Å². The molecule has 6 nitrogen and oxygen atoms in total. The highest BCUT2D eigenvalue weighted by molar-refractivity contribution is 6.30. The van der Waals surface area contributed by atoms with E-state index in [0.717, 1.165) is 16.9 Å². The number of nitrogens with one attached hydrogen (secondary N) is 1. The average Bonchev–Trinajstić information content (AvgIpc) is 3.46. The van der Waals surface area contributed by atoms with Gasteiger partial charge in [0, 0.05) is 11.6 Å². The number of benzene rings is 2. The van der Waals surface area contributed by atoms with E-state index in [1.807, 2.05) is 60.4 Å². The van der Waals surface area contributed by atoms with Crippen LogP contribution in [0.3, 0.4) is 0 Å². The molecule has 2 fully saturated rings. The highest BCUT2D eigenvalue weighted by atomic mass is 35.5. The van der Waals surface area contributed by atoms with E-state index < -0.39 is 17.4 Å². The summed E-state index contributed by atoms with van der Waals surface area (Å²) in [6, 6.07) is 14.9. The van der Waals surface area contributed by atoms with Crippen molar-refractivity contribution in [3.63, 3.8) is 0 Å². The lowest BCUT2D eigenvalue weighted by molar-refractivity contribution is -0.138. The molecule has 2 amide bonds. The molecular weight excluding hydrogens is 428 g/mol. The standard InChI is InChI=1S/C25H25ClN2O4/c1-15(17-5-9-19(31-2)10-6-17)28-14-25-12-11-20(32-25)21(22(25)24(28)30)23(29)27-13-16-3-7-18(26)8-4-16/h3-12,15,20-22H,13-14H2,1-2H3,(H,27,29)/t15-,20-,21-,22+,25-/m1/s1. The van der Waals surface area contributed by atoms with Crippen LogP contribution in [0.25, 0.3) is 0 Å². The van der Waals surface area contributed by atoms with Crippen molar-refractivity contribution in [2.24, 2.45) is 11.8 Å². The fraction of sp³-hybridized carbons (Fsp3) is 0.360. The highest BCUT2D eigenvalue weighted by Crippen LogP contribution is 2.53. The highest BCUT2D eigenvalue weighted by Gasteiger charge is 2.67. The van der Waals surface area contributed by atoms with Crippen LogP contribution in [0.2, 0.25) is 5.02 Å². The minimum Gasteiger partial charge on any atom is -0.497 e. The van der Waals surface area contributed by atoms with Crippen LogP contribution in [0.4, 0.5) is 0 Å². The number of halogens is 1. The molecule has 1 spiro atoms. The molecular formula is C25H25ClN2O4. The number of nitrogens with zero attached hydrogens (tertiary/aromatic N) is 1. The fourth-order valence-electron chi connectivity index (χ4n) is 5.13. The lowest BCUT2D eigenvalue weighted by atomic mass is 9.77. The molecule has 2 bridgehead atoms. The molecule has 3 aliphatic heterocycles. The van der Waals surface area contributed by atoms with Crippen LogP contribution in [-0.4, -0.2) is 42.1 Å². The smallest absolute Gasteiger partial charge is 0.230 e. The van der Waals surface area contributed by atoms with Crippen LogP contribution in [0, 0.1) is 11.8 Å². The Morgan fingerprint density at radius 1 is 1.25 bits per heavy atom. The van der Waals surface area contributed by atoms with E-state index in [0.29, 0.717) is 18.1 Å². The van der Waals surface area contributed by atoms with Crippen LogP contribution in [0.15, 0.2) is 60.7 Å². The second kappa shape index (κ2) is 7.94. The first-order valence-electron chi connectivity index (χ1n) is 10.8. The largest absolute Gasteiger partial charge is 0.497 e. The van der Waals surface area contributed by atoms with Crippen molar-refractivity contribution in [3.05, 3.63) is 76.8 Å². The van der Waals surface area contributed by atoms with E-state index in [-0.39, 0.29) is 24.0 Å². The molecule has 0 aliphatic carbocycles. The van der Waals surface area contributed by atoms with E-state index in [1.165, 1.54) is 0 Å². The van der Waals surface area contributed by atoms with Crippen molar-refractivity contribution in [2.45, 2.75) is 31.2 Å². The van der Waals surface area contributed by atoms with Gasteiger partial charge in [0.2, 0.25) is 11.8 Å². The maximum atomic E-state index is 13.5. The predicted molar refractivity (Wildman–Crippen MR) is 120 cm³/mol. The van der Waals surface area contributed by atoms with Crippen LogP contribution in [0.5, 0.6) is 5.75 Å². The van der Waals surface area contributed by atoms with Gasteiger partial charge in [0.15, 0.2) is 0 Å². The first kappa shape index (κ1) is 21.0. The Hall–Kier alpha value is -2.83. The number of ether oxygens (including phenoxy) is 2. The Balaban J connectivity index is 1.33. The summed E-state index contributed by atoms with van der Waals surface area (Å²) in [5, 5.41) is 3.63. The first-order chi connectivity index (χ1) is 15.4. The lowest BCUT2D eigenvalue weighted by Crippen LogP contribution is -2.44. The number of fused-ring (bicyclic) bond motifs is 1. The van der Waals surface area contributed by atoms with Crippen LogP contribution in [0.1, 0.15) is 24.1 Å². The van der Waals surface area contributed by atoms with E-state index in [2.05, 4.69) is 5.32 Å². The van der Waals surface area contributed by atoms with E-state index in [1.54, 1.807) is 19.2 Å². The van der Waals surface area contributed by atoms with Crippen molar-refractivity contribution in [2.75, 3.05) is 13.7 Å². The van der Waals surface area contributed by atoms with Gasteiger partial charge >= 0.3 is 0 Å². The number of rotatable bonds is 6. The zero-order valence-electron chi connectivity index (χ0n) is 18.0. The average molecular weight is 453 g/mol. The van der Waals surface area contributed by atoms with Crippen molar-refractivity contribution in [1.29, 1.82) is 0 Å². The molecule has 0 radical (unpaired) electrons. The zero-order chi connectivity index (χ0) is 22.5. The molecule has 3 heterocycles. The number of carbonyl (C=O) groups is 2. The van der Waals surface area contributed by atoms with Gasteiger partial charge in [-0.15, -0.1) is 0 Å². The molecule has 2 saturated heterocycles. The maximum Gasteiger partial charge on any atom is 0.230 e. The first-order valence-corrected chi connectivity index (χ1v) is 11.1. The Kier molecular flexibility index (Phi) is 5.22. The maximum absolute atomic E-state index is 13.5. The minimum absolute atomic E-state index is 0.0354. The third-order valence-corrected chi connectivity index (χ3v) is 7.13. The second-order valence-electron chi connectivity index (χ2n) is 8.66. The number of carbonyl (C=O) groups excluding carboxylic acids is 2. The van der Waals surface area contributed by atoms with Gasteiger partial charge in [0.1, 0.15) is 11.4 Å². The predicted octanol–water partition coefficient (Wildman–Crippen LogP) is 3.51. The zero-order valence-corrected chi connectivity index (χ0v) is 18.7. The summed E-state index contributed by atoms with van der Waals surface area (Å²) in [5.74, 6) is -0.469. The fourth-order valence-corrected chi connectivity index (χ4v) is 5.25. The second-order valence-corrected chi connectivity index (χ2v) is 9.10. The lowest BCUT2D eigenvalue weighted by Gasteiger charge is -2.28. The Morgan fingerprint density at radius 3 is 2.66 bits per heavy atom. The van der Waals surface area contributed by atoms with E-state index in [4.69, 9.17) is 21.1 Å². The van der Waals surface area contributed by atoms with Crippen molar-refractivity contribution >= 4 is 23.4 Å². The molecule has 5 rings (SSSR count). The number of amides is 2. The van der Waals surface area contributed by atoms with Gasteiger partial charge in [-0.05, 0) is 42.3 Å². The Bertz CT molecular complexity index is 1070.